The molecule has 0 radical (unpaired) electrons. The van der Waals surface area contributed by atoms with Crippen molar-refractivity contribution in [2.75, 3.05) is 26.2 Å². The minimum Gasteiger partial charge on any atom is -0.361 e. The quantitative estimate of drug-likeness (QED) is 0.514. The number of piperazine rings is 1. The van der Waals surface area contributed by atoms with Crippen molar-refractivity contribution in [3.63, 3.8) is 0 Å². The molecule has 1 fully saturated rings. The van der Waals surface area contributed by atoms with E-state index in [1.54, 1.807) is 17.2 Å². The molecule has 0 unspecified atom stereocenters. The smallest absolute Gasteiger partial charge is 0.256 e. The van der Waals surface area contributed by atoms with Crippen LogP contribution in [-0.4, -0.2) is 57.9 Å². The summed E-state index contributed by atoms with van der Waals surface area (Å²) in [5, 5.41) is 4.68. The van der Waals surface area contributed by atoms with Crippen LogP contribution in [-0.2, 0) is 16.0 Å². The summed E-state index contributed by atoms with van der Waals surface area (Å²) in [6.45, 7) is 7.79. The highest BCUT2D eigenvalue weighted by molar-refractivity contribution is 7.98. The SMILES string of the molecule is Cc1cc(CSc2ncccc2C(=O)N2CCN(C(=O)C(C)(C)c3ccccc3)CC2)no1. The lowest BCUT2D eigenvalue weighted by molar-refractivity contribution is -0.137. The molecule has 1 aliphatic heterocycles. The lowest BCUT2D eigenvalue weighted by atomic mass is 9.83. The Labute approximate surface area is 198 Å². The standard InChI is InChI=1S/C25H28N4O3S/c1-18-16-20(27-32-18)17-33-22-21(10-7-11-26-22)23(30)28-12-14-29(15-13-28)24(31)25(2,3)19-8-5-4-6-9-19/h4-11,16H,12-15,17H2,1-3H3. The van der Waals surface area contributed by atoms with Gasteiger partial charge < -0.3 is 14.3 Å². The largest absolute Gasteiger partial charge is 0.361 e. The number of hydrogen-bond acceptors (Lipinski definition) is 6. The molecular formula is C25H28N4O3S. The number of aromatic nitrogens is 2. The number of amides is 2. The van der Waals surface area contributed by atoms with Crippen LogP contribution in [0.3, 0.4) is 0 Å². The maximum absolute atomic E-state index is 13.3. The number of nitrogens with zero attached hydrogens (tertiary/aromatic N) is 4. The Morgan fingerprint density at radius 3 is 2.39 bits per heavy atom. The molecule has 3 aromatic rings. The van der Waals surface area contributed by atoms with Gasteiger partial charge in [0.25, 0.3) is 5.91 Å². The topological polar surface area (TPSA) is 79.5 Å². The predicted octanol–water partition coefficient (Wildman–Crippen LogP) is 3.93. The molecular weight excluding hydrogens is 436 g/mol. The van der Waals surface area contributed by atoms with Gasteiger partial charge in [-0.1, -0.05) is 47.3 Å². The van der Waals surface area contributed by atoms with Crippen LogP contribution < -0.4 is 0 Å². The summed E-state index contributed by atoms with van der Waals surface area (Å²) in [5.41, 5.74) is 1.77. The van der Waals surface area contributed by atoms with E-state index >= 15 is 0 Å². The van der Waals surface area contributed by atoms with E-state index < -0.39 is 5.41 Å². The molecule has 172 valence electrons. The van der Waals surface area contributed by atoms with Crippen LogP contribution in [0.25, 0.3) is 0 Å². The molecule has 0 atom stereocenters. The summed E-state index contributed by atoms with van der Waals surface area (Å²) in [6, 6.07) is 15.3. The molecule has 0 aliphatic carbocycles. The first-order chi connectivity index (χ1) is 15.9. The summed E-state index contributed by atoms with van der Waals surface area (Å²) in [5.74, 6) is 1.36. The second-order valence-corrected chi connectivity index (χ2v) is 9.61. The fraction of sp³-hybridized carbons (Fsp3) is 0.360. The first-order valence-electron chi connectivity index (χ1n) is 11.0. The van der Waals surface area contributed by atoms with Crippen molar-refractivity contribution >= 4 is 23.6 Å². The van der Waals surface area contributed by atoms with E-state index in [-0.39, 0.29) is 11.8 Å². The van der Waals surface area contributed by atoms with Crippen LogP contribution in [0, 0.1) is 6.92 Å². The first-order valence-corrected chi connectivity index (χ1v) is 12.0. The Balaban J connectivity index is 1.39. The van der Waals surface area contributed by atoms with Crippen LogP contribution in [0.5, 0.6) is 0 Å². The van der Waals surface area contributed by atoms with Crippen molar-refractivity contribution in [3.05, 3.63) is 77.3 Å². The van der Waals surface area contributed by atoms with Crippen molar-refractivity contribution < 1.29 is 14.1 Å². The number of carbonyl (C=O) groups is 2. The van der Waals surface area contributed by atoms with Gasteiger partial charge >= 0.3 is 0 Å². The minimum absolute atomic E-state index is 0.0589. The van der Waals surface area contributed by atoms with Gasteiger partial charge in [-0.15, -0.1) is 0 Å². The van der Waals surface area contributed by atoms with Crippen LogP contribution in [0.15, 0.2) is 64.3 Å². The highest BCUT2D eigenvalue weighted by Gasteiger charge is 2.36. The molecule has 1 aromatic carbocycles. The van der Waals surface area contributed by atoms with Gasteiger partial charge in [-0.2, -0.15) is 0 Å². The van der Waals surface area contributed by atoms with E-state index in [1.165, 1.54) is 11.8 Å². The summed E-state index contributed by atoms with van der Waals surface area (Å²) in [4.78, 5) is 34.6. The fourth-order valence-electron chi connectivity index (χ4n) is 3.95. The number of thioether (sulfide) groups is 1. The van der Waals surface area contributed by atoms with Crippen molar-refractivity contribution in [2.24, 2.45) is 0 Å². The highest BCUT2D eigenvalue weighted by atomic mass is 32.2. The monoisotopic (exact) mass is 464 g/mol. The van der Waals surface area contributed by atoms with E-state index in [0.717, 1.165) is 17.0 Å². The third-order valence-electron chi connectivity index (χ3n) is 5.92. The average Bonchev–Trinajstić information content (AvgIpc) is 3.27. The summed E-state index contributed by atoms with van der Waals surface area (Å²) in [6.07, 6.45) is 1.69. The average molecular weight is 465 g/mol. The molecule has 1 saturated heterocycles. The van der Waals surface area contributed by atoms with E-state index in [1.807, 2.05) is 68.1 Å². The molecule has 0 N–H and O–H groups in total. The van der Waals surface area contributed by atoms with Crippen molar-refractivity contribution in [3.8, 4) is 0 Å². The van der Waals surface area contributed by atoms with Crippen LogP contribution >= 0.6 is 11.8 Å². The zero-order valence-electron chi connectivity index (χ0n) is 19.2. The van der Waals surface area contributed by atoms with Gasteiger partial charge in [0.1, 0.15) is 10.8 Å². The lowest BCUT2D eigenvalue weighted by Crippen LogP contribution is -2.54. The first kappa shape index (κ1) is 23.0. The highest BCUT2D eigenvalue weighted by Crippen LogP contribution is 2.28. The lowest BCUT2D eigenvalue weighted by Gasteiger charge is -2.39. The summed E-state index contributed by atoms with van der Waals surface area (Å²) >= 11 is 1.47. The van der Waals surface area contributed by atoms with E-state index in [2.05, 4.69) is 10.1 Å². The van der Waals surface area contributed by atoms with Gasteiger partial charge in [0.05, 0.1) is 16.7 Å². The maximum Gasteiger partial charge on any atom is 0.256 e. The Hall–Kier alpha value is -3.13. The number of benzene rings is 1. The van der Waals surface area contributed by atoms with Crippen molar-refractivity contribution in [1.29, 1.82) is 0 Å². The molecule has 2 aromatic heterocycles. The van der Waals surface area contributed by atoms with Gasteiger partial charge in [-0.25, -0.2) is 4.98 Å². The maximum atomic E-state index is 13.3. The Morgan fingerprint density at radius 1 is 1.03 bits per heavy atom. The van der Waals surface area contributed by atoms with E-state index in [4.69, 9.17) is 4.52 Å². The summed E-state index contributed by atoms with van der Waals surface area (Å²) < 4.78 is 5.12. The van der Waals surface area contributed by atoms with Gasteiger partial charge in [0.2, 0.25) is 5.91 Å². The van der Waals surface area contributed by atoms with Gasteiger partial charge in [-0.3, -0.25) is 9.59 Å². The van der Waals surface area contributed by atoms with Crippen LogP contribution in [0.1, 0.15) is 41.2 Å². The Kier molecular flexibility index (Phi) is 6.83. The Morgan fingerprint density at radius 2 is 1.73 bits per heavy atom. The van der Waals surface area contributed by atoms with Gasteiger partial charge in [0.15, 0.2) is 0 Å². The van der Waals surface area contributed by atoms with E-state index in [9.17, 15) is 9.59 Å². The minimum atomic E-state index is -0.611. The number of aryl methyl sites for hydroxylation is 1. The number of hydrogen-bond donors (Lipinski definition) is 0. The predicted molar refractivity (Wildman–Crippen MR) is 127 cm³/mol. The Bertz CT molecular complexity index is 1120. The fourth-order valence-corrected chi connectivity index (χ4v) is 4.82. The van der Waals surface area contributed by atoms with Crippen LogP contribution in [0.2, 0.25) is 0 Å². The summed E-state index contributed by atoms with van der Waals surface area (Å²) in [7, 11) is 0. The van der Waals surface area contributed by atoms with E-state index in [0.29, 0.717) is 42.5 Å². The second kappa shape index (κ2) is 9.79. The van der Waals surface area contributed by atoms with Crippen LogP contribution in [0.4, 0.5) is 0 Å². The molecule has 4 rings (SSSR count). The number of carbonyl (C=O) groups excluding carboxylic acids is 2. The zero-order chi connectivity index (χ0) is 23.4. The third-order valence-corrected chi connectivity index (χ3v) is 6.96. The molecule has 2 amide bonds. The molecule has 0 spiro atoms. The number of pyridine rings is 1. The molecule has 0 saturated carbocycles. The number of rotatable bonds is 6. The zero-order valence-corrected chi connectivity index (χ0v) is 20.0. The van der Waals surface area contributed by atoms with Crippen molar-refractivity contribution in [2.45, 2.75) is 37.0 Å². The molecule has 8 heteroatoms. The third kappa shape index (κ3) is 5.11. The molecule has 0 bridgehead atoms. The molecule has 7 nitrogen and oxygen atoms in total. The molecule has 1 aliphatic rings. The molecule has 33 heavy (non-hydrogen) atoms. The van der Waals surface area contributed by atoms with Crippen molar-refractivity contribution in [1.82, 2.24) is 19.9 Å². The van der Waals surface area contributed by atoms with Gasteiger partial charge in [-0.05, 0) is 38.5 Å². The second-order valence-electron chi connectivity index (χ2n) is 8.65. The van der Waals surface area contributed by atoms with Gasteiger partial charge in [0, 0.05) is 44.2 Å². The normalized spacial score (nSPS) is 14.4. The molecule has 3 heterocycles.